The molecule has 0 spiro atoms. The van der Waals surface area contributed by atoms with E-state index >= 15 is 0 Å². The molecule has 1 aliphatic carbocycles. The zero-order valence-corrected chi connectivity index (χ0v) is 15.3. The highest BCUT2D eigenvalue weighted by molar-refractivity contribution is 5.94. The Morgan fingerprint density at radius 3 is 2.31 bits per heavy atom. The Balaban J connectivity index is 1.48. The zero-order valence-electron chi connectivity index (χ0n) is 15.3. The Hall–Kier alpha value is -2.32. The minimum Gasteiger partial charge on any atom is -0.349 e. The van der Waals surface area contributed by atoms with E-state index in [1.165, 1.54) is 0 Å². The number of piperidine rings is 1. The first-order valence-corrected chi connectivity index (χ1v) is 9.44. The van der Waals surface area contributed by atoms with Gasteiger partial charge in [-0.15, -0.1) is 6.42 Å². The molecule has 1 saturated heterocycles. The van der Waals surface area contributed by atoms with Gasteiger partial charge in [-0.25, -0.2) is 0 Å². The van der Waals surface area contributed by atoms with E-state index in [-0.39, 0.29) is 29.7 Å². The maximum Gasteiger partial charge on any atom is 0.227 e. The van der Waals surface area contributed by atoms with Crippen molar-refractivity contribution in [2.75, 3.05) is 25.0 Å². The Bertz CT molecular complexity index is 680. The maximum atomic E-state index is 12.5. The van der Waals surface area contributed by atoms with Crippen molar-refractivity contribution in [1.29, 1.82) is 0 Å². The summed E-state index contributed by atoms with van der Waals surface area (Å²) < 4.78 is 0. The van der Waals surface area contributed by atoms with Crippen LogP contribution in [0.4, 0.5) is 5.69 Å². The van der Waals surface area contributed by atoms with Gasteiger partial charge in [0, 0.05) is 17.5 Å². The van der Waals surface area contributed by atoms with Crippen LogP contribution in [0.2, 0.25) is 0 Å². The summed E-state index contributed by atoms with van der Waals surface area (Å²) in [6.07, 6.45) is 9.04. The number of likely N-dealkylation sites (tertiary alicyclic amines) is 1. The molecule has 0 aromatic heterocycles. The molecule has 1 unspecified atom stereocenters. The summed E-state index contributed by atoms with van der Waals surface area (Å²) in [7, 11) is 0. The number of hydrogen-bond acceptors (Lipinski definition) is 3. The zero-order chi connectivity index (χ0) is 18.5. The lowest BCUT2D eigenvalue weighted by Gasteiger charge is -2.30. The third kappa shape index (κ3) is 4.86. The highest BCUT2D eigenvalue weighted by Gasteiger charge is 2.29. The number of carbonyl (C=O) groups excluding carboxylic acids is 2. The van der Waals surface area contributed by atoms with Crippen LogP contribution >= 0.6 is 0 Å². The van der Waals surface area contributed by atoms with Crippen molar-refractivity contribution in [2.24, 2.45) is 11.8 Å². The molecule has 1 aromatic carbocycles. The minimum absolute atomic E-state index is 0.0561. The molecule has 138 valence electrons. The molecule has 3 rings (SSSR count). The average Bonchev–Trinajstić information content (AvgIpc) is 3.48. The van der Waals surface area contributed by atoms with Crippen LogP contribution in [-0.2, 0) is 9.59 Å². The summed E-state index contributed by atoms with van der Waals surface area (Å²) in [5.74, 6) is 3.13. The van der Waals surface area contributed by atoms with Gasteiger partial charge in [-0.05, 0) is 63.4 Å². The average molecular weight is 353 g/mol. The van der Waals surface area contributed by atoms with Gasteiger partial charge in [-0.2, -0.15) is 0 Å². The van der Waals surface area contributed by atoms with E-state index in [2.05, 4.69) is 21.5 Å². The fourth-order valence-electron chi connectivity index (χ4n) is 3.34. The van der Waals surface area contributed by atoms with Crippen LogP contribution < -0.4 is 10.6 Å². The number of nitrogens with one attached hydrogen (secondary N) is 2. The van der Waals surface area contributed by atoms with Crippen molar-refractivity contribution in [1.82, 2.24) is 10.2 Å². The quantitative estimate of drug-likeness (QED) is 0.773. The molecule has 26 heavy (non-hydrogen) atoms. The summed E-state index contributed by atoms with van der Waals surface area (Å²) >= 11 is 0. The summed E-state index contributed by atoms with van der Waals surface area (Å²) in [6, 6.07) is 7.67. The van der Waals surface area contributed by atoms with Crippen molar-refractivity contribution in [3.05, 3.63) is 29.8 Å². The highest BCUT2D eigenvalue weighted by atomic mass is 16.2. The molecule has 0 radical (unpaired) electrons. The third-order valence-electron chi connectivity index (χ3n) is 5.26. The Kier molecular flexibility index (Phi) is 5.95. The largest absolute Gasteiger partial charge is 0.349 e. The van der Waals surface area contributed by atoms with Crippen LogP contribution in [0.5, 0.6) is 0 Å². The molecule has 5 nitrogen and oxygen atoms in total. The summed E-state index contributed by atoms with van der Waals surface area (Å²) in [6.45, 7) is 4.41. The number of amides is 2. The van der Waals surface area contributed by atoms with E-state index < -0.39 is 0 Å². The van der Waals surface area contributed by atoms with Gasteiger partial charge >= 0.3 is 0 Å². The number of anilines is 1. The number of carbonyl (C=O) groups is 2. The van der Waals surface area contributed by atoms with Crippen LogP contribution in [0.1, 0.15) is 44.2 Å². The van der Waals surface area contributed by atoms with Crippen molar-refractivity contribution in [2.45, 2.75) is 38.6 Å². The van der Waals surface area contributed by atoms with Gasteiger partial charge in [0.25, 0.3) is 0 Å². The topological polar surface area (TPSA) is 61.4 Å². The second-order valence-electron chi connectivity index (χ2n) is 7.37. The summed E-state index contributed by atoms with van der Waals surface area (Å²) in [5, 5.41) is 6.05. The summed E-state index contributed by atoms with van der Waals surface area (Å²) in [5.41, 5.74) is 1.85. The van der Waals surface area contributed by atoms with Gasteiger partial charge in [0.1, 0.15) is 0 Å². The first-order chi connectivity index (χ1) is 12.6. The SMILES string of the molecule is C#CCN1CCC(C(=O)NC(C)c2ccc(NC(=O)C3CC3)cc2)CC1. The molecule has 2 fully saturated rings. The van der Waals surface area contributed by atoms with Crippen molar-refractivity contribution < 1.29 is 9.59 Å². The lowest BCUT2D eigenvalue weighted by Crippen LogP contribution is -2.41. The van der Waals surface area contributed by atoms with E-state index in [1.54, 1.807) is 0 Å². The number of hydrogen-bond donors (Lipinski definition) is 2. The molecule has 2 N–H and O–H groups in total. The first kappa shape index (κ1) is 18.5. The number of terminal acetylenes is 1. The van der Waals surface area contributed by atoms with Gasteiger partial charge in [0.05, 0.1) is 12.6 Å². The molecule has 1 saturated carbocycles. The van der Waals surface area contributed by atoms with Crippen molar-refractivity contribution >= 4 is 17.5 Å². The van der Waals surface area contributed by atoms with Crippen molar-refractivity contribution in [3.63, 3.8) is 0 Å². The Morgan fingerprint density at radius 2 is 1.73 bits per heavy atom. The van der Waals surface area contributed by atoms with E-state index in [9.17, 15) is 9.59 Å². The third-order valence-corrected chi connectivity index (χ3v) is 5.26. The molecular formula is C21H27N3O2. The van der Waals surface area contributed by atoms with Gasteiger partial charge in [0.15, 0.2) is 0 Å². The molecule has 2 amide bonds. The molecule has 2 aliphatic rings. The fourth-order valence-corrected chi connectivity index (χ4v) is 3.34. The smallest absolute Gasteiger partial charge is 0.227 e. The standard InChI is InChI=1S/C21H27N3O2/c1-3-12-24-13-10-18(11-14-24)20(25)22-15(2)16-6-8-19(9-7-16)23-21(26)17-4-5-17/h1,6-9,15,17-18H,4-5,10-14H2,2H3,(H,22,25)(H,23,26). The van der Waals surface area contributed by atoms with E-state index in [1.807, 2.05) is 31.2 Å². The van der Waals surface area contributed by atoms with Crippen LogP contribution in [0.25, 0.3) is 0 Å². The van der Waals surface area contributed by atoms with Gasteiger partial charge in [-0.3, -0.25) is 14.5 Å². The van der Waals surface area contributed by atoms with Crippen LogP contribution in [-0.4, -0.2) is 36.3 Å². The molecule has 1 atom stereocenters. The monoisotopic (exact) mass is 353 g/mol. The highest BCUT2D eigenvalue weighted by Crippen LogP contribution is 2.30. The van der Waals surface area contributed by atoms with Crippen LogP contribution in [0.15, 0.2) is 24.3 Å². The van der Waals surface area contributed by atoms with E-state index in [4.69, 9.17) is 6.42 Å². The second kappa shape index (κ2) is 8.37. The van der Waals surface area contributed by atoms with E-state index in [0.29, 0.717) is 6.54 Å². The normalized spacial score (nSPS) is 19.4. The Morgan fingerprint density at radius 1 is 1.12 bits per heavy atom. The lowest BCUT2D eigenvalue weighted by molar-refractivity contribution is -0.127. The first-order valence-electron chi connectivity index (χ1n) is 9.44. The van der Waals surface area contributed by atoms with Crippen LogP contribution in [0, 0.1) is 24.2 Å². The minimum atomic E-state index is -0.0561. The second-order valence-corrected chi connectivity index (χ2v) is 7.37. The molecule has 5 heteroatoms. The van der Waals surface area contributed by atoms with Gasteiger partial charge in [-0.1, -0.05) is 18.1 Å². The Labute approximate surface area is 155 Å². The van der Waals surface area contributed by atoms with Gasteiger partial charge in [0.2, 0.25) is 11.8 Å². The number of nitrogens with zero attached hydrogens (tertiary/aromatic N) is 1. The molecule has 1 aliphatic heterocycles. The molecular weight excluding hydrogens is 326 g/mol. The van der Waals surface area contributed by atoms with Crippen molar-refractivity contribution in [3.8, 4) is 12.3 Å². The predicted molar refractivity (Wildman–Crippen MR) is 102 cm³/mol. The van der Waals surface area contributed by atoms with Gasteiger partial charge < -0.3 is 10.6 Å². The number of rotatable bonds is 6. The maximum absolute atomic E-state index is 12.5. The fraction of sp³-hybridized carbons (Fsp3) is 0.524. The van der Waals surface area contributed by atoms with Crippen LogP contribution in [0.3, 0.4) is 0 Å². The number of benzene rings is 1. The summed E-state index contributed by atoms with van der Waals surface area (Å²) in [4.78, 5) is 26.5. The molecule has 1 heterocycles. The van der Waals surface area contributed by atoms with E-state index in [0.717, 1.165) is 50.0 Å². The molecule has 0 bridgehead atoms. The molecule has 1 aromatic rings. The lowest BCUT2D eigenvalue weighted by atomic mass is 9.95. The predicted octanol–water partition coefficient (Wildman–Crippen LogP) is 2.56.